The maximum absolute atomic E-state index is 12.8. The maximum atomic E-state index is 12.8. The Bertz CT molecular complexity index is 1310. The Kier molecular flexibility index (Phi) is 59.2. The van der Waals surface area contributed by atoms with Gasteiger partial charge in [-0.15, -0.1) is 0 Å². The first-order valence-corrected chi connectivity index (χ1v) is 31.8. The molecule has 0 aromatic carbocycles. The smallest absolute Gasteiger partial charge is 0.306 e. The van der Waals surface area contributed by atoms with Gasteiger partial charge in [-0.2, -0.15) is 0 Å². The van der Waals surface area contributed by atoms with Gasteiger partial charge in [-0.25, -0.2) is 0 Å². The second kappa shape index (κ2) is 61.7. The van der Waals surface area contributed by atoms with E-state index in [2.05, 4.69) is 81.5 Å². The fourth-order valence-electron chi connectivity index (χ4n) is 9.30. The predicted molar refractivity (Wildman–Crippen MR) is 316 cm³/mol. The number of esters is 3. The summed E-state index contributed by atoms with van der Waals surface area (Å²) in [6.07, 6.45) is 78.6. The van der Waals surface area contributed by atoms with Crippen LogP contribution in [0.4, 0.5) is 0 Å². The van der Waals surface area contributed by atoms with Crippen molar-refractivity contribution in [3.05, 3.63) is 60.8 Å². The molecule has 0 aliphatic rings. The third kappa shape index (κ3) is 59.9. The molecular weight excluding hydrogens is 901 g/mol. The molecule has 424 valence electrons. The van der Waals surface area contributed by atoms with Crippen molar-refractivity contribution >= 4 is 17.9 Å². The average molecular weight is 1020 g/mol. The van der Waals surface area contributed by atoms with E-state index in [1.807, 2.05) is 0 Å². The molecule has 0 bridgehead atoms. The van der Waals surface area contributed by atoms with Crippen LogP contribution in [-0.4, -0.2) is 37.2 Å². The Labute approximate surface area is 453 Å². The largest absolute Gasteiger partial charge is 0.462 e. The molecule has 0 saturated carbocycles. The first-order chi connectivity index (χ1) is 36.0. The number of allylic oxidation sites excluding steroid dienone is 10. The molecule has 0 saturated heterocycles. The highest BCUT2D eigenvalue weighted by molar-refractivity contribution is 5.71. The summed E-state index contributed by atoms with van der Waals surface area (Å²) in [6, 6.07) is 0. The third-order valence-corrected chi connectivity index (χ3v) is 14.0. The topological polar surface area (TPSA) is 78.9 Å². The summed E-state index contributed by atoms with van der Waals surface area (Å²) in [4.78, 5) is 37.9. The zero-order chi connectivity index (χ0) is 52.9. The van der Waals surface area contributed by atoms with Crippen LogP contribution >= 0.6 is 0 Å². The van der Waals surface area contributed by atoms with Gasteiger partial charge in [0.05, 0.1) is 0 Å². The zero-order valence-corrected chi connectivity index (χ0v) is 48.7. The Morgan fingerprint density at radius 2 is 0.534 bits per heavy atom. The van der Waals surface area contributed by atoms with Crippen molar-refractivity contribution in [3.8, 4) is 0 Å². The number of hydrogen-bond donors (Lipinski definition) is 0. The minimum Gasteiger partial charge on any atom is -0.462 e. The van der Waals surface area contributed by atoms with E-state index in [9.17, 15) is 14.4 Å². The predicted octanol–water partition coefficient (Wildman–Crippen LogP) is 21.6. The average Bonchev–Trinajstić information content (AvgIpc) is 3.39. The van der Waals surface area contributed by atoms with Crippen LogP contribution in [0.1, 0.15) is 329 Å². The van der Waals surface area contributed by atoms with Crippen LogP contribution in [0.2, 0.25) is 0 Å². The highest BCUT2D eigenvalue weighted by Gasteiger charge is 2.19. The molecule has 0 N–H and O–H groups in total. The van der Waals surface area contributed by atoms with Gasteiger partial charge in [0.15, 0.2) is 6.10 Å². The van der Waals surface area contributed by atoms with E-state index in [0.717, 1.165) is 96.3 Å². The SMILES string of the molecule is CC/C=C\C/C=C\C/C=C\C/C=C\C/C=C\CCCCCCCCCCCCCCCCCCCC(=O)OCC(COC(=O)CCCCCCC)OC(=O)CCCCCCCCCCCCCCCCCCC. The Balaban J connectivity index is 3.93. The van der Waals surface area contributed by atoms with Crippen LogP contribution in [0.15, 0.2) is 60.8 Å². The molecule has 0 aliphatic heterocycles. The van der Waals surface area contributed by atoms with Crippen molar-refractivity contribution in [1.29, 1.82) is 0 Å². The van der Waals surface area contributed by atoms with E-state index >= 15 is 0 Å². The van der Waals surface area contributed by atoms with Crippen LogP contribution in [-0.2, 0) is 28.6 Å². The van der Waals surface area contributed by atoms with Crippen LogP contribution in [0.25, 0.3) is 0 Å². The van der Waals surface area contributed by atoms with Gasteiger partial charge in [0.2, 0.25) is 0 Å². The Hall–Kier alpha value is -2.89. The molecule has 73 heavy (non-hydrogen) atoms. The van der Waals surface area contributed by atoms with Gasteiger partial charge in [0.25, 0.3) is 0 Å². The molecule has 0 rings (SSSR count). The Morgan fingerprint density at radius 3 is 0.836 bits per heavy atom. The van der Waals surface area contributed by atoms with E-state index in [-0.39, 0.29) is 31.1 Å². The van der Waals surface area contributed by atoms with E-state index in [1.165, 1.54) is 193 Å². The van der Waals surface area contributed by atoms with Gasteiger partial charge < -0.3 is 14.2 Å². The van der Waals surface area contributed by atoms with Gasteiger partial charge in [-0.05, 0) is 64.2 Å². The molecule has 0 aliphatic carbocycles. The number of carbonyl (C=O) groups is 3. The van der Waals surface area contributed by atoms with Crippen LogP contribution in [0, 0.1) is 0 Å². The molecule has 0 radical (unpaired) electrons. The van der Waals surface area contributed by atoms with E-state index < -0.39 is 6.10 Å². The number of rotatable bonds is 58. The number of hydrogen-bond acceptors (Lipinski definition) is 6. The van der Waals surface area contributed by atoms with Gasteiger partial charge in [-0.3, -0.25) is 14.4 Å². The lowest BCUT2D eigenvalue weighted by Crippen LogP contribution is -2.30. The lowest BCUT2D eigenvalue weighted by Gasteiger charge is -2.18. The molecular formula is C67H120O6. The summed E-state index contributed by atoms with van der Waals surface area (Å²) < 4.78 is 16.8. The summed E-state index contributed by atoms with van der Waals surface area (Å²) >= 11 is 0. The molecule has 0 spiro atoms. The Morgan fingerprint density at radius 1 is 0.288 bits per heavy atom. The summed E-state index contributed by atoms with van der Waals surface area (Å²) in [6.45, 7) is 6.49. The highest BCUT2D eigenvalue weighted by Crippen LogP contribution is 2.17. The molecule has 0 heterocycles. The lowest BCUT2D eigenvalue weighted by molar-refractivity contribution is -0.167. The third-order valence-electron chi connectivity index (χ3n) is 14.0. The molecule has 6 heteroatoms. The van der Waals surface area contributed by atoms with E-state index in [0.29, 0.717) is 19.3 Å². The van der Waals surface area contributed by atoms with E-state index in [4.69, 9.17) is 14.2 Å². The molecule has 1 unspecified atom stereocenters. The number of unbranched alkanes of at least 4 members (excludes halogenated alkanes) is 37. The molecule has 0 aromatic heterocycles. The second-order valence-corrected chi connectivity index (χ2v) is 21.3. The van der Waals surface area contributed by atoms with Crippen molar-refractivity contribution in [2.75, 3.05) is 13.2 Å². The summed E-state index contributed by atoms with van der Waals surface area (Å²) in [5, 5.41) is 0. The number of carbonyl (C=O) groups excluding carboxylic acids is 3. The molecule has 0 fully saturated rings. The van der Waals surface area contributed by atoms with Crippen LogP contribution in [0.5, 0.6) is 0 Å². The number of ether oxygens (including phenoxy) is 3. The highest BCUT2D eigenvalue weighted by atomic mass is 16.6. The fraction of sp³-hybridized carbons (Fsp3) is 0.806. The summed E-state index contributed by atoms with van der Waals surface area (Å²) in [5.74, 6) is -0.864. The van der Waals surface area contributed by atoms with Crippen LogP contribution < -0.4 is 0 Å². The summed E-state index contributed by atoms with van der Waals surface area (Å²) in [7, 11) is 0. The van der Waals surface area contributed by atoms with Crippen molar-refractivity contribution in [2.24, 2.45) is 0 Å². The molecule has 0 amide bonds. The van der Waals surface area contributed by atoms with Gasteiger partial charge in [0, 0.05) is 19.3 Å². The monoisotopic (exact) mass is 1020 g/mol. The van der Waals surface area contributed by atoms with Gasteiger partial charge in [-0.1, -0.05) is 306 Å². The molecule has 6 nitrogen and oxygen atoms in total. The lowest BCUT2D eigenvalue weighted by atomic mass is 10.0. The quantitative estimate of drug-likeness (QED) is 0.0261. The van der Waals surface area contributed by atoms with Crippen molar-refractivity contribution in [1.82, 2.24) is 0 Å². The standard InChI is InChI=1S/C67H120O6/c1-4-7-10-13-15-17-19-21-23-25-26-27-28-29-30-31-32-33-34-35-36-37-38-39-40-42-43-45-47-49-51-54-57-60-66(69)72-63-64(62-71-65(68)59-56-53-12-9-6-3)73-67(70)61-58-55-52-50-48-46-44-41-24-22-20-18-16-14-11-8-5-2/h7,10,15,17,21,23,26-27,29-30,64H,4-6,8-9,11-14,16,18-20,22,24-25,28,31-63H2,1-3H3/b10-7-,17-15-,23-21-,27-26-,30-29-. The normalized spacial score (nSPS) is 12.4. The van der Waals surface area contributed by atoms with Gasteiger partial charge in [0.1, 0.15) is 13.2 Å². The minimum atomic E-state index is -0.766. The maximum Gasteiger partial charge on any atom is 0.306 e. The van der Waals surface area contributed by atoms with Gasteiger partial charge >= 0.3 is 17.9 Å². The zero-order valence-electron chi connectivity index (χ0n) is 48.7. The van der Waals surface area contributed by atoms with Crippen molar-refractivity contribution < 1.29 is 28.6 Å². The van der Waals surface area contributed by atoms with Crippen LogP contribution in [0.3, 0.4) is 0 Å². The minimum absolute atomic E-state index is 0.0686. The van der Waals surface area contributed by atoms with E-state index in [1.54, 1.807) is 0 Å². The second-order valence-electron chi connectivity index (χ2n) is 21.3. The first-order valence-electron chi connectivity index (χ1n) is 31.8. The van der Waals surface area contributed by atoms with Crippen molar-refractivity contribution in [3.63, 3.8) is 0 Å². The summed E-state index contributed by atoms with van der Waals surface area (Å²) in [5.41, 5.74) is 0. The van der Waals surface area contributed by atoms with Crippen molar-refractivity contribution in [2.45, 2.75) is 335 Å². The first kappa shape index (κ1) is 70.1. The molecule has 1 atom stereocenters. The fourth-order valence-corrected chi connectivity index (χ4v) is 9.30. The molecule has 0 aromatic rings.